The number of aliphatic hydroxyl groups is 1. The second-order valence-electron chi connectivity index (χ2n) is 6.39. The molecular formula is C18H22F2N6O2. The minimum atomic E-state index is -2.82. The van der Waals surface area contributed by atoms with Gasteiger partial charge >= 0.3 is 0 Å². The Hall–Kier alpha value is -2.72. The quantitative estimate of drug-likeness (QED) is 0.623. The third kappa shape index (κ3) is 4.57. The minimum absolute atomic E-state index is 0.0608. The number of imidazole rings is 1. The van der Waals surface area contributed by atoms with Crippen LogP contribution in [0.25, 0.3) is 17.5 Å². The van der Waals surface area contributed by atoms with Crippen molar-refractivity contribution in [1.82, 2.24) is 19.9 Å². The van der Waals surface area contributed by atoms with E-state index in [9.17, 15) is 13.9 Å². The Morgan fingerprint density at radius 1 is 1.46 bits per heavy atom. The van der Waals surface area contributed by atoms with Gasteiger partial charge in [-0.3, -0.25) is 5.41 Å². The van der Waals surface area contributed by atoms with Gasteiger partial charge in [0.2, 0.25) is 0 Å². The normalized spacial score (nSPS) is 20.2. The van der Waals surface area contributed by atoms with Crippen LogP contribution in [0.1, 0.15) is 19.2 Å². The van der Waals surface area contributed by atoms with E-state index in [2.05, 4.69) is 31.8 Å². The van der Waals surface area contributed by atoms with E-state index in [0.29, 0.717) is 36.2 Å². The Balaban J connectivity index is 1.80. The summed E-state index contributed by atoms with van der Waals surface area (Å²) in [7, 11) is 0. The summed E-state index contributed by atoms with van der Waals surface area (Å²) < 4.78 is 30.4. The average molecular weight is 392 g/mol. The molecule has 2 unspecified atom stereocenters. The molecule has 1 fully saturated rings. The number of halogens is 2. The topological polar surface area (TPSA) is 111 Å². The average Bonchev–Trinajstić information content (AvgIpc) is 3.20. The molecule has 0 bridgehead atoms. The SMILES string of the molecule is CCC1COC(CO)CN1c1cc(-c2cnc(/C=C\C(=N)C(F)F)[nH]2)ncn1. The first-order valence-electron chi connectivity index (χ1n) is 8.93. The van der Waals surface area contributed by atoms with E-state index >= 15 is 0 Å². The lowest BCUT2D eigenvalue weighted by Crippen LogP contribution is -2.51. The smallest absolute Gasteiger partial charge is 0.279 e. The third-order valence-corrected chi connectivity index (χ3v) is 4.51. The highest BCUT2D eigenvalue weighted by Gasteiger charge is 2.28. The second kappa shape index (κ2) is 8.98. The highest BCUT2D eigenvalue weighted by molar-refractivity contribution is 5.97. The Bertz CT molecular complexity index is 841. The van der Waals surface area contributed by atoms with Gasteiger partial charge in [0.15, 0.2) is 0 Å². The number of alkyl halides is 2. The highest BCUT2D eigenvalue weighted by Crippen LogP contribution is 2.25. The predicted molar refractivity (Wildman–Crippen MR) is 101 cm³/mol. The zero-order valence-corrected chi connectivity index (χ0v) is 15.3. The number of morpholine rings is 1. The molecule has 10 heteroatoms. The monoisotopic (exact) mass is 392 g/mol. The number of ether oxygens (including phenoxy) is 1. The third-order valence-electron chi connectivity index (χ3n) is 4.51. The van der Waals surface area contributed by atoms with Gasteiger partial charge in [-0.1, -0.05) is 6.92 Å². The van der Waals surface area contributed by atoms with Gasteiger partial charge < -0.3 is 19.7 Å². The first-order valence-corrected chi connectivity index (χ1v) is 8.93. The molecule has 0 saturated carbocycles. The summed E-state index contributed by atoms with van der Waals surface area (Å²) >= 11 is 0. The molecule has 1 aliphatic rings. The lowest BCUT2D eigenvalue weighted by Gasteiger charge is -2.39. The number of aliphatic hydroxyl groups excluding tert-OH is 1. The number of aromatic amines is 1. The van der Waals surface area contributed by atoms with Crippen LogP contribution in [0.5, 0.6) is 0 Å². The fraction of sp³-hybridized carbons (Fsp3) is 0.444. The molecule has 150 valence electrons. The van der Waals surface area contributed by atoms with Crippen LogP contribution in [-0.4, -0.2) is 69.1 Å². The molecule has 2 aromatic rings. The largest absolute Gasteiger partial charge is 0.394 e. The molecule has 28 heavy (non-hydrogen) atoms. The lowest BCUT2D eigenvalue weighted by molar-refractivity contribution is -0.0137. The molecule has 1 aliphatic heterocycles. The van der Waals surface area contributed by atoms with Gasteiger partial charge in [-0.2, -0.15) is 0 Å². The molecule has 3 heterocycles. The Morgan fingerprint density at radius 3 is 3.00 bits per heavy atom. The van der Waals surface area contributed by atoms with E-state index < -0.39 is 12.1 Å². The summed E-state index contributed by atoms with van der Waals surface area (Å²) in [5.74, 6) is 1.06. The van der Waals surface area contributed by atoms with Crippen molar-refractivity contribution in [2.75, 3.05) is 24.7 Å². The Morgan fingerprint density at radius 2 is 2.29 bits per heavy atom. The lowest BCUT2D eigenvalue weighted by atomic mass is 10.1. The maximum Gasteiger partial charge on any atom is 0.279 e. The number of allylic oxidation sites excluding steroid dienone is 1. The van der Waals surface area contributed by atoms with E-state index in [0.717, 1.165) is 12.5 Å². The molecule has 2 atom stereocenters. The van der Waals surface area contributed by atoms with Gasteiger partial charge in [-0.25, -0.2) is 23.7 Å². The van der Waals surface area contributed by atoms with Crippen LogP contribution >= 0.6 is 0 Å². The maximum atomic E-state index is 12.4. The predicted octanol–water partition coefficient (Wildman–Crippen LogP) is 2.14. The fourth-order valence-electron chi connectivity index (χ4n) is 2.93. The molecule has 2 aromatic heterocycles. The number of rotatable bonds is 7. The Kier molecular flexibility index (Phi) is 6.42. The zero-order chi connectivity index (χ0) is 20.1. The summed E-state index contributed by atoms with van der Waals surface area (Å²) in [6.45, 7) is 3.04. The summed E-state index contributed by atoms with van der Waals surface area (Å²) in [5.41, 5.74) is 0.425. The standard InChI is InChI=1S/C18H22F2N6O2/c1-2-11-9-28-12(8-27)7-26(11)17-5-14(23-10-24-17)15-6-22-16(25-15)4-3-13(21)18(19)20/h3-6,10-12,18,21,27H,2,7-9H2,1H3,(H,22,25)/b4-3-,21-13?. The maximum absolute atomic E-state index is 12.4. The number of hydrogen-bond donors (Lipinski definition) is 3. The van der Waals surface area contributed by atoms with Crippen LogP contribution in [0.2, 0.25) is 0 Å². The van der Waals surface area contributed by atoms with Gasteiger partial charge in [-0.05, 0) is 18.6 Å². The van der Waals surface area contributed by atoms with Crippen molar-refractivity contribution in [2.24, 2.45) is 0 Å². The fourth-order valence-corrected chi connectivity index (χ4v) is 2.93. The van der Waals surface area contributed by atoms with Gasteiger partial charge in [-0.15, -0.1) is 0 Å². The van der Waals surface area contributed by atoms with Gasteiger partial charge in [0.1, 0.15) is 18.0 Å². The van der Waals surface area contributed by atoms with Crippen molar-refractivity contribution >= 4 is 17.6 Å². The molecule has 0 aromatic carbocycles. The molecule has 1 saturated heterocycles. The van der Waals surface area contributed by atoms with Crippen molar-refractivity contribution in [2.45, 2.75) is 31.9 Å². The van der Waals surface area contributed by atoms with Gasteiger partial charge in [0.25, 0.3) is 6.43 Å². The number of nitrogens with one attached hydrogen (secondary N) is 2. The summed E-state index contributed by atoms with van der Waals surface area (Å²) in [6, 6.07) is 1.95. The number of hydrogen-bond acceptors (Lipinski definition) is 7. The van der Waals surface area contributed by atoms with Crippen LogP contribution in [-0.2, 0) is 4.74 Å². The summed E-state index contributed by atoms with van der Waals surface area (Å²) in [6.07, 6.45) is 3.10. The molecule has 8 nitrogen and oxygen atoms in total. The first kappa shape index (κ1) is 20.0. The number of anilines is 1. The van der Waals surface area contributed by atoms with E-state index in [1.54, 1.807) is 6.20 Å². The van der Waals surface area contributed by atoms with Crippen molar-refractivity contribution in [1.29, 1.82) is 5.41 Å². The second-order valence-corrected chi connectivity index (χ2v) is 6.39. The van der Waals surface area contributed by atoms with Crippen molar-refractivity contribution in [3.63, 3.8) is 0 Å². The first-order chi connectivity index (χ1) is 13.5. The molecule has 0 radical (unpaired) electrons. The summed E-state index contributed by atoms with van der Waals surface area (Å²) in [5, 5.41) is 16.5. The van der Waals surface area contributed by atoms with Crippen LogP contribution in [0, 0.1) is 5.41 Å². The minimum Gasteiger partial charge on any atom is -0.394 e. The number of nitrogens with zero attached hydrogens (tertiary/aromatic N) is 4. The molecule has 0 aliphatic carbocycles. The van der Waals surface area contributed by atoms with E-state index in [-0.39, 0.29) is 18.8 Å². The van der Waals surface area contributed by atoms with Gasteiger partial charge in [0, 0.05) is 12.6 Å². The van der Waals surface area contributed by atoms with Crippen LogP contribution in [0.4, 0.5) is 14.6 Å². The molecule has 0 amide bonds. The van der Waals surface area contributed by atoms with Crippen LogP contribution in [0.3, 0.4) is 0 Å². The van der Waals surface area contributed by atoms with E-state index in [4.69, 9.17) is 10.1 Å². The van der Waals surface area contributed by atoms with Crippen LogP contribution in [0.15, 0.2) is 24.7 Å². The van der Waals surface area contributed by atoms with Crippen molar-refractivity contribution in [3.8, 4) is 11.4 Å². The van der Waals surface area contributed by atoms with Crippen molar-refractivity contribution in [3.05, 3.63) is 30.5 Å². The van der Waals surface area contributed by atoms with Gasteiger partial charge in [0.05, 0.1) is 48.7 Å². The number of aromatic nitrogens is 4. The van der Waals surface area contributed by atoms with Crippen LogP contribution < -0.4 is 4.90 Å². The molecule has 3 rings (SSSR count). The molecular weight excluding hydrogens is 370 g/mol. The molecule has 0 spiro atoms. The van der Waals surface area contributed by atoms with E-state index in [1.165, 1.54) is 12.4 Å². The Labute approximate surface area is 160 Å². The summed E-state index contributed by atoms with van der Waals surface area (Å²) in [4.78, 5) is 17.8. The number of H-pyrrole nitrogens is 1. The van der Waals surface area contributed by atoms with E-state index in [1.807, 2.05) is 6.07 Å². The molecule has 3 N–H and O–H groups in total. The van der Waals surface area contributed by atoms with Crippen molar-refractivity contribution < 1.29 is 18.6 Å². The highest BCUT2D eigenvalue weighted by atomic mass is 19.3. The zero-order valence-electron chi connectivity index (χ0n) is 15.3.